The predicted molar refractivity (Wildman–Crippen MR) is 142 cm³/mol. The summed E-state index contributed by atoms with van der Waals surface area (Å²) in [5, 5.41) is 3.92. The van der Waals surface area contributed by atoms with Crippen molar-refractivity contribution in [2.24, 2.45) is 0 Å². The number of thiocarbonyl (C=S) groups is 1. The maximum Gasteiger partial charge on any atom is 0.266 e. The zero-order chi connectivity index (χ0) is 24.1. The molecular weight excluding hydrogens is 510 g/mol. The van der Waals surface area contributed by atoms with Crippen molar-refractivity contribution in [3.05, 3.63) is 80.7 Å². The van der Waals surface area contributed by atoms with Gasteiger partial charge in [-0.1, -0.05) is 59.8 Å². The van der Waals surface area contributed by atoms with Crippen molar-refractivity contribution in [1.29, 1.82) is 0 Å². The van der Waals surface area contributed by atoms with Gasteiger partial charge in [0.05, 0.1) is 11.5 Å². The fourth-order valence-corrected chi connectivity index (χ4v) is 5.41. The van der Waals surface area contributed by atoms with E-state index in [0.29, 0.717) is 32.4 Å². The number of ether oxygens (including phenoxy) is 1. The van der Waals surface area contributed by atoms with Crippen molar-refractivity contribution in [2.45, 2.75) is 13.3 Å². The highest BCUT2D eigenvalue weighted by molar-refractivity contribution is 8.26. The number of carbonyl (C=O) groups excluding carboxylic acids is 2. The molecule has 2 heterocycles. The Balaban J connectivity index is 1.35. The molecule has 1 fully saturated rings. The molecule has 174 valence electrons. The second kappa shape index (κ2) is 11.1. The number of hydrogen-bond donors (Lipinski definition) is 1. The molecule has 0 saturated carbocycles. The second-order valence-electron chi connectivity index (χ2n) is 7.25. The first-order valence-electron chi connectivity index (χ1n) is 10.4. The lowest BCUT2D eigenvalue weighted by atomic mass is 10.1. The summed E-state index contributed by atoms with van der Waals surface area (Å²) in [5.41, 5.74) is 1.95. The zero-order valence-electron chi connectivity index (χ0n) is 18.1. The van der Waals surface area contributed by atoms with Crippen molar-refractivity contribution in [3.63, 3.8) is 0 Å². The summed E-state index contributed by atoms with van der Waals surface area (Å²) in [5.74, 6) is 0.120. The van der Waals surface area contributed by atoms with Gasteiger partial charge in [0, 0.05) is 22.5 Å². The predicted octanol–water partition coefficient (Wildman–Crippen LogP) is 5.63. The number of benzene rings is 2. The Bertz CT molecular complexity index is 1240. The molecule has 1 aliphatic heterocycles. The second-order valence-corrected chi connectivity index (χ2v) is 10.5. The summed E-state index contributed by atoms with van der Waals surface area (Å²) >= 11 is 13.8. The normalized spacial score (nSPS) is 14.6. The molecule has 34 heavy (non-hydrogen) atoms. The highest BCUT2D eigenvalue weighted by Gasteiger charge is 2.33. The van der Waals surface area contributed by atoms with Gasteiger partial charge in [0.1, 0.15) is 16.6 Å². The average Bonchev–Trinajstić information content (AvgIpc) is 3.35. The Morgan fingerprint density at radius 1 is 1.21 bits per heavy atom. The van der Waals surface area contributed by atoms with Crippen molar-refractivity contribution >= 4 is 74.3 Å². The highest BCUT2D eigenvalue weighted by Crippen LogP contribution is 2.33. The van der Waals surface area contributed by atoms with Gasteiger partial charge in [0.15, 0.2) is 5.13 Å². The lowest BCUT2D eigenvalue weighted by Crippen LogP contribution is -2.36. The zero-order valence-corrected chi connectivity index (χ0v) is 21.3. The Labute approximate surface area is 216 Å². The van der Waals surface area contributed by atoms with E-state index in [1.165, 1.54) is 28.0 Å². The Morgan fingerprint density at radius 3 is 2.65 bits per heavy atom. The van der Waals surface area contributed by atoms with Gasteiger partial charge >= 0.3 is 0 Å². The minimum Gasteiger partial charge on any atom is -0.494 e. The highest BCUT2D eigenvalue weighted by atomic mass is 35.5. The monoisotopic (exact) mass is 529 g/mol. The van der Waals surface area contributed by atoms with E-state index in [-0.39, 0.29) is 18.4 Å². The number of aromatic nitrogens is 1. The number of anilines is 1. The van der Waals surface area contributed by atoms with Crippen LogP contribution in [0.15, 0.2) is 59.6 Å². The van der Waals surface area contributed by atoms with Crippen LogP contribution in [-0.4, -0.2) is 39.2 Å². The first kappa shape index (κ1) is 24.4. The molecule has 10 heteroatoms. The van der Waals surface area contributed by atoms with Crippen LogP contribution in [0.4, 0.5) is 5.13 Å². The molecule has 1 aromatic heterocycles. The van der Waals surface area contributed by atoms with Crippen LogP contribution in [0.25, 0.3) is 6.08 Å². The molecule has 0 radical (unpaired) electrons. The maximum atomic E-state index is 12.8. The van der Waals surface area contributed by atoms with E-state index in [9.17, 15) is 9.59 Å². The fourth-order valence-electron chi connectivity index (χ4n) is 3.17. The van der Waals surface area contributed by atoms with E-state index in [2.05, 4.69) is 10.3 Å². The van der Waals surface area contributed by atoms with Gasteiger partial charge in [0.2, 0.25) is 5.91 Å². The van der Waals surface area contributed by atoms with Crippen LogP contribution >= 0.6 is 46.9 Å². The Morgan fingerprint density at radius 2 is 1.94 bits per heavy atom. The van der Waals surface area contributed by atoms with Crippen LogP contribution in [0.5, 0.6) is 5.75 Å². The summed E-state index contributed by atoms with van der Waals surface area (Å²) < 4.78 is 5.79. The molecule has 2 amide bonds. The fraction of sp³-hybridized carbons (Fsp3) is 0.167. The molecule has 0 aliphatic carbocycles. The molecule has 3 aromatic rings. The number of rotatable bonds is 8. The molecule has 1 aliphatic rings. The third kappa shape index (κ3) is 6.24. The summed E-state index contributed by atoms with van der Waals surface area (Å²) in [7, 11) is 0. The van der Waals surface area contributed by atoms with Gasteiger partial charge in [0.25, 0.3) is 5.91 Å². The van der Waals surface area contributed by atoms with E-state index in [0.717, 1.165) is 21.8 Å². The third-order valence-electron chi connectivity index (χ3n) is 4.76. The van der Waals surface area contributed by atoms with Gasteiger partial charge in [-0.15, -0.1) is 11.3 Å². The van der Waals surface area contributed by atoms with E-state index in [1.807, 2.05) is 55.5 Å². The lowest BCUT2D eigenvalue weighted by Gasteiger charge is -2.13. The number of hydrogen-bond acceptors (Lipinski definition) is 7. The quantitative estimate of drug-likeness (QED) is 0.301. The average molecular weight is 530 g/mol. The standard InChI is InChI=1S/C24H20ClN3O3S3/c1-2-31-18-9-5-16(6-10-18)12-20-22(30)28(24(32)34-20)14-21(29)27-23-26-13-19(33-23)11-15-3-7-17(25)8-4-15/h3-10,12-13H,2,11,14H2,1H3,(H,26,27,29). The van der Waals surface area contributed by atoms with E-state index in [1.54, 1.807) is 12.3 Å². The summed E-state index contributed by atoms with van der Waals surface area (Å²) in [4.78, 5) is 32.5. The van der Waals surface area contributed by atoms with Gasteiger partial charge in [-0.2, -0.15) is 0 Å². The van der Waals surface area contributed by atoms with Crippen LogP contribution in [0.1, 0.15) is 22.9 Å². The van der Waals surface area contributed by atoms with Crippen LogP contribution in [0, 0.1) is 0 Å². The molecule has 0 atom stereocenters. The van der Waals surface area contributed by atoms with Gasteiger partial charge in [-0.05, 0) is 48.4 Å². The topological polar surface area (TPSA) is 71.5 Å². The SMILES string of the molecule is CCOc1ccc(C=C2SC(=S)N(CC(=O)Nc3ncc(Cc4ccc(Cl)cc4)s3)C2=O)cc1. The number of carbonyl (C=O) groups is 2. The number of thiazole rings is 1. The number of amides is 2. The molecule has 0 bridgehead atoms. The Kier molecular flexibility index (Phi) is 7.99. The molecule has 4 rings (SSSR count). The first-order valence-corrected chi connectivity index (χ1v) is 12.8. The summed E-state index contributed by atoms with van der Waals surface area (Å²) in [6.45, 7) is 2.34. The molecule has 2 aromatic carbocycles. The minimum atomic E-state index is -0.356. The van der Waals surface area contributed by atoms with Gasteiger partial charge in [-0.3, -0.25) is 14.5 Å². The molecular formula is C24H20ClN3O3S3. The van der Waals surface area contributed by atoms with Crippen LogP contribution in [0.3, 0.4) is 0 Å². The molecule has 0 unspecified atom stereocenters. The molecule has 1 saturated heterocycles. The smallest absolute Gasteiger partial charge is 0.266 e. The summed E-state index contributed by atoms with van der Waals surface area (Å²) in [6.07, 6.45) is 4.18. The largest absolute Gasteiger partial charge is 0.494 e. The number of nitrogens with one attached hydrogen (secondary N) is 1. The maximum absolute atomic E-state index is 12.8. The number of thioether (sulfide) groups is 1. The molecule has 6 nitrogen and oxygen atoms in total. The lowest BCUT2D eigenvalue weighted by molar-refractivity contribution is -0.126. The van der Waals surface area contributed by atoms with Gasteiger partial charge < -0.3 is 10.1 Å². The first-order chi connectivity index (χ1) is 16.4. The van der Waals surface area contributed by atoms with Crippen LogP contribution in [0.2, 0.25) is 5.02 Å². The number of nitrogens with zero attached hydrogens (tertiary/aromatic N) is 2. The van der Waals surface area contributed by atoms with Crippen molar-refractivity contribution in [2.75, 3.05) is 18.5 Å². The van der Waals surface area contributed by atoms with E-state index < -0.39 is 0 Å². The van der Waals surface area contributed by atoms with Crippen molar-refractivity contribution in [1.82, 2.24) is 9.88 Å². The van der Waals surface area contributed by atoms with E-state index >= 15 is 0 Å². The van der Waals surface area contributed by atoms with Gasteiger partial charge in [-0.25, -0.2) is 4.98 Å². The third-order valence-corrected chi connectivity index (χ3v) is 7.30. The minimum absolute atomic E-state index is 0.169. The number of halogens is 1. The summed E-state index contributed by atoms with van der Waals surface area (Å²) in [6, 6.07) is 15.0. The van der Waals surface area contributed by atoms with Crippen molar-refractivity contribution < 1.29 is 14.3 Å². The molecule has 1 N–H and O–H groups in total. The Hall–Kier alpha value is -2.72. The van der Waals surface area contributed by atoms with Crippen molar-refractivity contribution in [3.8, 4) is 5.75 Å². The van der Waals surface area contributed by atoms with Crippen LogP contribution in [-0.2, 0) is 16.0 Å². The van der Waals surface area contributed by atoms with E-state index in [4.69, 9.17) is 28.6 Å². The molecule has 0 spiro atoms. The van der Waals surface area contributed by atoms with Crippen LogP contribution < -0.4 is 10.1 Å².